The number of nitrogens with one attached hydrogen (secondary N) is 2. The van der Waals surface area contributed by atoms with Gasteiger partial charge in [0.1, 0.15) is 17.3 Å². The first kappa shape index (κ1) is 42.1. The Hall–Kier alpha value is -1.61. The molecule has 318 valence electrons. The molecule has 0 aromatic carbocycles. The van der Waals surface area contributed by atoms with Gasteiger partial charge in [-0.15, -0.1) is 0 Å². The number of carbonyl (C=O) groups excluding carboxylic acids is 3. The SMILES string of the molecule is CC=C(C)C(=O)OC1(C)CC=C2CSSCC3C(CNC)CN3C(=O)CC3CNC(N)CC3C2C12CC1CC3CC(C4(CCO)CCCCC4)C(=O)OC3CC1O2. The van der Waals surface area contributed by atoms with Crippen molar-refractivity contribution in [2.24, 2.45) is 52.6 Å². The van der Waals surface area contributed by atoms with Crippen molar-refractivity contribution in [1.82, 2.24) is 15.5 Å². The molecular weight excluding hydrogens is 761 g/mol. The first-order chi connectivity index (χ1) is 27.4. The molecule has 8 rings (SSSR count). The second-order valence-electron chi connectivity index (χ2n) is 19.3. The molecule has 0 aromatic rings. The molecule has 5 aliphatic heterocycles. The molecule has 2 saturated carbocycles. The van der Waals surface area contributed by atoms with Crippen LogP contribution < -0.4 is 16.4 Å². The number of amides is 1. The highest BCUT2D eigenvalue weighted by molar-refractivity contribution is 8.76. The molecule has 7 fully saturated rings. The van der Waals surface area contributed by atoms with Gasteiger partial charge in [-0.05, 0) is 102 Å². The van der Waals surface area contributed by atoms with Gasteiger partial charge in [0, 0.05) is 80.5 Å². The lowest BCUT2D eigenvalue weighted by Crippen LogP contribution is -2.66. The van der Waals surface area contributed by atoms with Gasteiger partial charge in [0.25, 0.3) is 0 Å². The Balaban J connectivity index is 1.15. The minimum atomic E-state index is -0.973. The van der Waals surface area contributed by atoms with Crippen LogP contribution in [-0.2, 0) is 28.6 Å². The number of fused-ring (bicyclic) bond motifs is 7. The molecule has 0 aromatic heterocycles. The van der Waals surface area contributed by atoms with Crippen LogP contribution in [0.1, 0.15) is 104 Å². The van der Waals surface area contributed by atoms with Crippen molar-refractivity contribution in [2.75, 3.05) is 44.8 Å². The molecule has 11 nitrogen and oxygen atoms in total. The van der Waals surface area contributed by atoms with Gasteiger partial charge in [-0.25, -0.2) is 4.79 Å². The molecule has 8 aliphatic rings. The largest absolute Gasteiger partial charge is 0.462 e. The molecule has 13 heteroatoms. The van der Waals surface area contributed by atoms with E-state index in [0.717, 1.165) is 69.5 Å². The fourth-order valence-electron chi connectivity index (χ4n) is 13.1. The van der Waals surface area contributed by atoms with E-state index in [1.54, 1.807) is 0 Å². The predicted octanol–water partition coefficient (Wildman–Crippen LogP) is 5.36. The Kier molecular flexibility index (Phi) is 12.6. The standard InChI is InChI=1S/C44H68N4O7S2/c1-5-26(2)40(51)55-42(3)12-9-27-24-56-57-25-34-31(21-46-4)23-48(34)38(50)17-30-22-47-37(45)18-32(30)39(27)44(42)20-29-15-28-16-33(41(52)53-35(28)19-36(29)54-44)43(13-14-49)10-7-6-8-11-43/h5,9,28-37,39,46-47,49H,6-8,10-25,45H2,1-4H3. The average Bonchev–Trinajstić information content (AvgIpc) is 3.56. The summed E-state index contributed by atoms with van der Waals surface area (Å²) < 4.78 is 20.9. The quantitative estimate of drug-likeness (QED) is 0.113. The van der Waals surface area contributed by atoms with E-state index in [-0.39, 0.29) is 89.8 Å². The first-order valence-electron chi connectivity index (χ1n) is 22.2. The van der Waals surface area contributed by atoms with Crippen LogP contribution in [0.15, 0.2) is 23.3 Å². The van der Waals surface area contributed by atoms with E-state index < -0.39 is 11.2 Å². The molecule has 0 radical (unpaired) electrons. The van der Waals surface area contributed by atoms with Crippen LogP contribution in [0, 0.1) is 46.8 Å². The number of allylic oxidation sites excluding steroid dienone is 1. The van der Waals surface area contributed by atoms with E-state index in [2.05, 4.69) is 28.5 Å². The minimum absolute atomic E-state index is 0.0322. The molecule has 13 atom stereocenters. The second kappa shape index (κ2) is 17.0. The third-order valence-electron chi connectivity index (χ3n) is 16.3. The van der Waals surface area contributed by atoms with Crippen LogP contribution in [-0.4, -0.2) is 108 Å². The lowest BCUT2D eigenvalue weighted by atomic mass is 9.55. The number of aliphatic hydroxyl groups excluding tert-OH is 1. The van der Waals surface area contributed by atoms with Crippen LogP contribution in [0.3, 0.4) is 0 Å². The van der Waals surface area contributed by atoms with Crippen molar-refractivity contribution < 1.29 is 33.7 Å². The Morgan fingerprint density at radius 1 is 1.12 bits per heavy atom. The van der Waals surface area contributed by atoms with Gasteiger partial charge >= 0.3 is 11.9 Å². The first-order valence-corrected chi connectivity index (χ1v) is 24.7. The van der Waals surface area contributed by atoms with Crippen LogP contribution in [0.4, 0.5) is 0 Å². The average molecular weight is 829 g/mol. The highest BCUT2D eigenvalue weighted by Gasteiger charge is 2.68. The highest BCUT2D eigenvalue weighted by atomic mass is 33.1. The maximum atomic E-state index is 14.3. The second-order valence-corrected chi connectivity index (χ2v) is 21.8. The molecule has 3 aliphatic carbocycles. The number of carbonyl (C=O) groups is 3. The number of esters is 2. The summed E-state index contributed by atoms with van der Waals surface area (Å²) in [6, 6.07) is 0.231. The number of hydrogen-bond donors (Lipinski definition) is 4. The lowest BCUT2D eigenvalue weighted by Gasteiger charge is -2.57. The number of nitrogens with zero attached hydrogens (tertiary/aromatic N) is 1. The molecule has 5 N–H and O–H groups in total. The number of rotatable bonds is 7. The number of hydrogen-bond acceptors (Lipinski definition) is 12. The molecule has 0 bridgehead atoms. The Morgan fingerprint density at radius 2 is 1.93 bits per heavy atom. The van der Waals surface area contributed by atoms with E-state index in [4.69, 9.17) is 19.9 Å². The van der Waals surface area contributed by atoms with E-state index in [0.29, 0.717) is 50.1 Å². The zero-order valence-corrected chi connectivity index (χ0v) is 36.3. The zero-order chi connectivity index (χ0) is 40.1. The van der Waals surface area contributed by atoms with Crippen LogP contribution >= 0.6 is 21.6 Å². The minimum Gasteiger partial charge on any atom is -0.462 e. The monoisotopic (exact) mass is 828 g/mol. The third kappa shape index (κ3) is 7.68. The lowest BCUT2D eigenvalue weighted by molar-refractivity contribution is -0.230. The van der Waals surface area contributed by atoms with Gasteiger partial charge in [-0.3, -0.25) is 9.59 Å². The van der Waals surface area contributed by atoms with Crippen LogP contribution in [0.25, 0.3) is 0 Å². The summed E-state index contributed by atoms with van der Waals surface area (Å²) in [7, 11) is 5.73. The Bertz CT molecular complexity index is 1580. The molecule has 5 saturated heterocycles. The van der Waals surface area contributed by atoms with Crippen molar-refractivity contribution in [3.8, 4) is 0 Å². The van der Waals surface area contributed by atoms with Crippen molar-refractivity contribution in [2.45, 2.75) is 140 Å². The molecule has 1 amide bonds. The summed E-state index contributed by atoms with van der Waals surface area (Å²) in [6.45, 7) is 8.21. The van der Waals surface area contributed by atoms with Crippen molar-refractivity contribution in [3.63, 3.8) is 0 Å². The fraction of sp³-hybridized carbons (Fsp3) is 0.841. The van der Waals surface area contributed by atoms with Crippen LogP contribution in [0.5, 0.6) is 0 Å². The molecule has 5 heterocycles. The maximum Gasteiger partial charge on any atom is 0.334 e. The molecule has 57 heavy (non-hydrogen) atoms. The Labute approximate surface area is 347 Å². The molecule has 1 spiro atoms. The number of piperidine rings is 1. The summed E-state index contributed by atoms with van der Waals surface area (Å²) in [6.07, 6.45) is 14.3. The fourth-order valence-corrected chi connectivity index (χ4v) is 15.6. The maximum absolute atomic E-state index is 14.3. The number of nitrogens with two attached hydrogens (primary N) is 1. The van der Waals surface area contributed by atoms with Gasteiger partial charge in [0.05, 0.1) is 18.2 Å². The zero-order valence-electron chi connectivity index (χ0n) is 34.7. The molecule has 13 unspecified atom stereocenters. The van der Waals surface area contributed by atoms with Gasteiger partial charge in [-0.1, -0.05) is 58.6 Å². The van der Waals surface area contributed by atoms with Crippen molar-refractivity contribution in [3.05, 3.63) is 23.3 Å². The Morgan fingerprint density at radius 3 is 2.68 bits per heavy atom. The van der Waals surface area contributed by atoms with Crippen molar-refractivity contribution >= 4 is 39.4 Å². The number of aliphatic hydroxyl groups is 1. The normalized spacial score (nSPS) is 43.4. The van der Waals surface area contributed by atoms with E-state index in [1.165, 1.54) is 12.0 Å². The van der Waals surface area contributed by atoms with Gasteiger partial charge in [-0.2, -0.15) is 0 Å². The van der Waals surface area contributed by atoms with E-state index in [1.807, 2.05) is 48.6 Å². The summed E-state index contributed by atoms with van der Waals surface area (Å²) in [5, 5.41) is 17.1. The molecular formula is C44H68N4O7S2. The van der Waals surface area contributed by atoms with Crippen molar-refractivity contribution in [1.29, 1.82) is 0 Å². The van der Waals surface area contributed by atoms with E-state index in [9.17, 15) is 19.5 Å². The summed E-state index contributed by atoms with van der Waals surface area (Å²) in [5.74, 6) is 2.17. The smallest absolute Gasteiger partial charge is 0.334 e. The summed E-state index contributed by atoms with van der Waals surface area (Å²) in [4.78, 5) is 44.2. The van der Waals surface area contributed by atoms with Gasteiger partial charge in [0.15, 0.2) is 0 Å². The van der Waals surface area contributed by atoms with Gasteiger partial charge in [0.2, 0.25) is 5.91 Å². The predicted molar refractivity (Wildman–Crippen MR) is 224 cm³/mol. The summed E-state index contributed by atoms with van der Waals surface area (Å²) >= 11 is 0. The third-order valence-corrected chi connectivity index (χ3v) is 18.7. The van der Waals surface area contributed by atoms with Crippen LogP contribution in [0.2, 0.25) is 0 Å². The topological polar surface area (TPSA) is 152 Å². The van der Waals surface area contributed by atoms with E-state index >= 15 is 0 Å². The van der Waals surface area contributed by atoms with Gasteiger partial charge < -0.3 is 40.6 Å². The highest BCUT2D eigenvalue weighted by Crippen LogP contribution is 2.63. The summed E-state index contributed by atoms with van der Waals surface area (Å²) in [5.41, 5.74) is 6.67. The number of ether oxygens (including phenoxy) is 3.